The predicted octanol–water partition coefficient (Wildman–Crippen LogP) is 2.98. The minimum Gasteiger partial charge on any atom is -0.299 e. The molecule has 0 atom stereocenters. The van der Waals surface area contributed by atoms with E-state index in [4.69, 9.17) is 0 Å². The number of aromatic nitrogens is 3. The van der Waals surface area contributed by atoms with Crippen molar-refractivity contribution < 1.29 is 4.79 Å². The summed E-state index contributed by atoms with van der Waals surface area (Å²) >= 11 is 1.67. The topological polar surface area (TPSA) is 47.3 Å². The molecule has 0 spiro atoms. The zero-order chi connectivity index (χ0) is 13.5. The van der Waals surface area contributed by atoms with Crippen LogP contribution in [0, 0.1) is 5.92 Å². The molecule has 0 saturated heterocycles. The zero-order valence-electron chi connectivity index (χ0n) is 10.8. The van der Waals surface area contributed by atoms with Gasteiger partial charge in [-0.3, -0.25) is 4.79 Å². The Balaban J connectivity index is 1.75. The third-order valence-electron chi connectivity index (χ3n) is 3.54. The molecule has 3 aromatic heterocycles. The maximum absolute atomic E-state index is 11.9. The summed E-state index contributed by atoms with van der Waals surface area (Å²) in [6.45, 7) is 0. The van der Waals surface area contributed by atoms with E-state index in [1.54, 1.807) is 11.3 Å². The number of carbonyl (C=O) groups excluding carboxylic acids is 1. The fourth-order valence-electron chi connectivity index (χ4n) is 2.34. The molecule has 4 rings (SSSR count). The highest BCUT2D eigenvalue weighted by Crippen LogP contribution is 2.31. The first-order valence-corrected chi connectivity index (χ1v) is 7.60. The smallest absolute Gasteiger partial charge is 0.159 e. The van der Waals surface area contributed by atoms with Gasteiger partial charge in [-0.15, -0.1) is 11.3 Å². The first-order chi connectivity index (χ1) is 9.81. The van der Waals surface area contributed by atoms with Crippen molar-refractivity contribution in [3.63, 3.8) is 0 Å². The van der Waals surface area contributed by atoms with Gasteiger partial charge in [0.05, 0.1) is 17.0 Å². The average molecular weight is 283 g/mol. The molecule has 4 nitrogen and oxygen atoms in total. The summed E-state index contributed by atoms with van der Waals surface area (Å²) in [5, 5.41) is 6.55. The monoisotopic (exact) mass is 283 g/mol. The molecule has 3 heterocycles. The van der Waals surface area contributed by atoms with E-state index in [1.165, 1.54) is 0 Å². The molecule has 3 aromatic rings. The van der Waals surface area contributed by atoms with Gasteiger partial charge >= 0.3 is 0 Å². The number of Topliss-reactive ketones (excluding diaryl/α,β-unsaturated/α-hetero) is 1. The van der Waals surface area contributed by atoms with Gasteiger partial charge in [0, 0.05) is 5.92 Å². The van der Waals surface area contributed by atoms with Gasteiger partial charge in [0.2, 0.25) is 0 Å². The van der Waals surface area contributed by atoms with E-state index in [1.807, 2.05) is 34.2 Å². The van der Waals surface area contributed by atoms with Gasteiger partial charge in [-0.2, -0.15) is 5.10 Å². The fraction of sp³-hybridized carbons (Fsp3) is 0.267. The third-order valence-corrected chi connectivity index (χ3v) is 4.43. The Kier molecular flexibility index (Phi) is 2.67. The second kappa shape index (κ2) is 4.52. The van der Waals surface area contributed by atoms with Crippen LogP contribution < -0.4 is 0 Å². The number of thiophene rings is 1. The zero-order valence-corrected chi connectivity index (χ0v) is 11.6. The van der Waals surface area contributed by atoms with E-state index in [2.05, 4.69) is 16.1 Å². The molecule has 1 aliphatic rings. The quantitative estimate of drug-likeness (QED) is 0.739. The minimum atomic E-state index is 0.262. The Bertz CT molecular complexity index is 772. The van der Waals surface area contributed by atoms with Crippen molar-refractivity contribution in [2.75, 3.05) is 0 Å². The highest BCUT2D eigenvalue weighted by molar-refractivity contribution is 7.13. The van der Waals surface area contributed by atoms with Crippen molar-refractivity contribution in [3.8, 4) is 10.6 Å². The maximum Gasteiger partial charge on any atom is 0.159 e. The van der Waals surface area contributed by atoms with Crippen molar-refractivity contribution in [1.29, 1.82) is 0 Å². The Morgan fingerprint density at radius 3 is 2.95 bits per heavy atom. The van der Waals surface area contributed by atoms with Gasteiger partial charge in [0.25, 0.3) is 0 Å². The molecule has 0 aromatic carbocycles. The van der Waals surface area contributed by atoms with Crippen LogP contribution in [0.15, 0.2) is 35.7 Å². The number of carbonyl (C=O) groups is 1. The van der Waals surface area contributed by atoms with Crippen LogP contribution >= 0.6 is 11.3 Å². The lowest BCUT2D eigenvalue weighted by atomic mass is 10.2. The minimum absolute atomic E-state index is 0.262. The highest BCUT2D eigenvalue weighted by atomic mass is 32.1. The molecular weight excluding hydrogens is 270 g/mol. The van der Waals surface area contributed by atoms with Crippen LogP contribution in [-0.4, -0.2) is 20.4 Å². The number of pyridine rings is 1. The molecule has 20 heavy (non-hydrogen) atoms. The number of hydrogen-bond acceptors (Lipinski definition) is 4. The Labute approximate surface area is 120 Å². The van der Waals surface area contributed by atoms with Gasteiger partial charge in [0.15, 0.2) is 11.5 Å². The van der Waals surface area contributed by atoms with Crippen molar-refractivity contribution in [1.82, 2.24) is 14.6 Å². The van der Waals surface area contributed by atoms with E-state index in [-0.39, 0.29) is 11.7 Å². The first kappa shape index (κ1) is 11.8. The molecule has 0 bridgehead atoms. The summed E-state index contributed by atoms with van der Waals surface area (Å²) in [6.07, 6.45) is 2.43. The SMILES string of the molecule is O=C(Cc1nc2cccc(-c3cccs3)n2n1)C1CC1. The second-order valence-corrected chi connectivity index (χ2v) is 6.05. The molecule has 0 radical (unpaired) electrons. The number of fused-ring (bicyclic) bond motifs is 1. The Morgan fingerprint density at radius 2 is 2.20 bits per heavy atom. The van der Waals surface area contributed by atoms with Crippen LogP contribution in [0.3, 0.4) is 0 Å². The highest BCUT2D eigenvalue weighted by Gasteiger charge is 2.30. The van der Waals surface area contributed by atoms with Crippen molar-refractivity contribution in [2.45, 2.75) is 19.3 Å². The van der Waals surface area contributed by atoms with Gasteiger partial charge in [-0.05, 0) is 36.4 Å². The Morgan fingerprint density at radius 1 is 1.30 bits per heavy atom. The fourth-order valence-corrected chi connectivity index (χ4v) is 3.08. The predicted molar refractivity (Wildman–Crippen MR) is 77.7 cm³/mol. The van der Waals surface area contributed by atoms with Gasteiger partial charge in [-0.1, -0.05) is 12.1 Å². The lowest BCUT2D eigenvalue weighted by Crippen LogP contribution is -2.06. The summed E-state index contributed by atoms with van der Waals surface area (Å²) in [7, 11) is 0. The largest absolute Gasteiger partial charge is 0.299 e. The summed E-state index contributed by atoms with van der Waals surface area (Å²) in [5.74, 6) is 1.17. The lowest BCUT2D eigenvalue weighted by molar-refractivity contribution is -0.119. The van der Waals surface area contributed by atoms with Crippen molar-refractivity contribution in [2.24, 2.45) is 5.92 Å². The van der Waals surface area contributed by atoms with Crippen molar-refractivity contribution >= 4 is 22.8 Å². The molecule has 5 heteroatoms. The number of hydrogen-bond donors (Lipinski definition) is 0. The molecule has 0 amide bonds. The van der Waals surface area contributed by atoms with Gasteiger partial charge in [-0.25, -0.2) is 9.50 Å². The summed E-state index contributed by atoms with van der Waals surface area (Å²) in [5.41, 5.74) is 1.82. The molecule has 0 unspecified atom stereocenters. The van der Waals surface area contributed by atoms with Crippen LogP contribution in [0.5, 0.6) is 0 Å². The lowest BCUT2D eigenvalue weighted by Gasteiger charge is -1.99. The van der Waals surface area contributed by atoms with E-state index in [0.717, 1.165) is 29.1 Å². The van der Waals surface area contributed by atoms with Crippen LogP contribution in [0.2, 0.25) is 0 Å². The normalized spacial score (nSPS) is 14.8. The number of rotatable bonds is 4. The maximum atomic E-state index is 11.9. The number of ketones is 1. The number of nitrogens with zero attached hydrogens (tertiary/aromatic N) is 3. The summed E-state index contributed by atoms with van der Waals surface area (Å²) in [4.78, 5) is 17.5. The van der Waals surface area contributed by atoms with Crippen LogP contribution in [0.25, 0.3) is 16.2 Å². The molecule has 0 N–H and O–H groups in total. The molecule has 0 aliphatic heterocycles. The van der Waals surface area contributed by atoms with Gasteiger partial charge in [0.1, 0.15) is 5.78 Å². The van der Waals surface area contributed by atoms with E-state index in [9.17, 15) is 4.79 Å². The molecular formula is C15H13N3OS. The molecule has 1 aliphatic carbocycles. The molecule has 1 fully saturated rings. The first-order valence-electron chi connectivity index (χ1n) is 6.72. The summed E-state index contributed by atoms with van der Waals surface area (Å²) in [6, 6.07) is 10.0. The van der Waals surface area contributed by atoms with Crippen LogP contribution in [0.4, 0.5) is 0 Å². The molecule has 100 valence electrons. The second-order valence-electron chi connectivity index (χ2n) is 5.10. The molecule has 1 saturated carbocycles. The standard InChI is InChI=1S/C15H13N3OS/c19-12(10-6-7-10)9-14-16-15-5-1-3-11(18(15)17-14)13-4-2-8-20-13/h1-5,8,10H,6-7,9H2. The average Bonchev–Trinajstić information content (AvgIpc) is 3.00. The van der Waals surface area contributed by atoms with E-state index < -0.39 is 0 Å². The Hall–Kier alpha value is -2.01. The van der Waals surface area contributed by atoms with Crippen molar-refractivity contribution in [3.05, 3.63) is 41.5 Å². The van der Waals surface area contributed by atoms with Gasteiger partial charge < -0.3 is 0 Å². The third kappa shape index (κ3) is 2.04. The van der Waals surface area contributed by atoms with E-state index in [0.29, 0.717) is 12.2 Å². The van der Waals surface area contributed by atoms with Crippen LogP contribution in [0.1, 0.15) is 18.7 Å². The van der Waals surface area contributed by atoms with E-state index >= 15 is 0 Å². The summed E-state index contributed by atoms with van der Waals surface area (Å²) < 4.78 is 1.83. The van der Waals surface area contributed by atoms with Crippen LogP contribution in [-0.2, 0) is 11.2 Å².